The predicted octanol–water partition coefficient (Wildman–Crippen LogP) is 4.16. The lowest BCUT2D eigenvalue weighted by molar-refractivity contribution is 0.610. The first kappa shape index (κ1) is 11.5. The van der Waals surface area contributed by atoms with Gasteiger partial charge in [-0.3, -0.25) is 0 Å². The Bertz CT molecular complexity index is 364. The van der Waals surface area contributed by atoms with Crippen molar-refractivity contribution in [2.45, 2.75) is 46.5 Å². The number of aryl methyl sites for hydroxylation is 2. The zero-order valence-electron chi connectivity index (χ0n) is 10.8. The average Bonchev–Trinajstić information content (AvgIpc) is 2.98. The summed E-state index contributed by atoms with van der Waals surface area (Å²) in [4.78, 5) is 0. The molecule has 1 aliphatic carbocycles. The topological polar surface area (TPSA) is 12.0 Å². The van der Waals surface area contributed by atoms with Gasteiger partial charge >= 0.3 is 0 Å². The number of rotatable bonds is 5. The average molecular weight is 217 g/mol. The van der Waals surface area contributed by atoms with E-state index in [2.05, 4.69) is 44.3 Å². The van der Waals surface area contributed by atoms with Crippen LogP contribution in [0.25, 0.3) is 0 Å². The summed E-state index contributed by atoms with van der Waals surface area (Å²) in [5.41, 5.74) is 4.75. The molecule has 1 nitrogen and oxygen atoms in total. The van der Waals surface area contributed by atoms with Crippen LogP contribution in [0.5, 0.6) is 0 Å². The third-order valence-electron chi connectivity index (χ3n) is 3.59. The van der Waals surface area contributed by atoms with Crippen LogP contribution in [0.2, 0.25) is 0 Å². The Balaban J connectivity index is 2.07. The van der Waals surface area contributed by atoms with Crippen molar-refractivity contribution in [2.75, 3.05) is 11.9 Å². The molecule has 1 aromatic carbocycles. The van der Waals surface area contributed by atoms with Crippen molar-refractivity contribution in [3.63, 3.8) is 0 Å². The molecule has 0 heterocycles. The van der Waals surface area contributed by atoms with Gasteiger partial charge in [0.2, 0.25) is 0 Å². The Hall–Kier alpha value is -0.980. The molecule has 0 saturated heterocycles. The molecule has 0 atom stereocenters. The fraction of sp³-hybridized carbons (Fsp3) is 0.600. The Morgan fingerprint density at radius 1 is 1.31 bits per heavy atom. The van der Waals surface area contributed by atoms with Crippen LogP contribution >= 0.6 is 0 Å². The van der Waals surface area contributed by atoms with E-state index in [4.69, 9.17) is 0 Å². The van der Waals surface area contributed by atoms with Gasteiger partial charge in [0.25, 0.3) is 0 Å². The van der Waals surface area contributed by atoms with Gasteiger partial charge in [0, 0.05) is 12.2 Å². The van der Waals surface area contributed by atoms with Gasteiger partial charge in [0.05, 0.1) is 0 Å². The van der Waals surface area contributed by atoms with E-state index in [9.17, 15) is 0 Å². The predicted molar refractivity (Wildman–Crippen MR) is 71.0 cm³/mol. The summed E-state index contributed by atoms with van der Waals surface area (Å²) in [5, 5.41) is 3.64. The second-order valence-electron chi connectivity index (χ2n) is 5.57. The highest BCUT2D eigenvalue weighted by atomic mass is 14.9. The maximum atomic E-state index is 3.64. The summed E-state index contributed by atoms with van der Waals surface area (Å²) in [6.07, 6.45) is 5.16. The summed E-state index contributed by atoms with van der Waals surface area (Å²) >= 11 is 0. The molecule has 0 amide bonds. The van der Waals surface area contributed by atoms with E-state index in [1.807, 2.05) is 0 Å². The van der Waals surface area contributed by atoms with Crippen LogP contribution in [-0.2, 0) is 6.42 Å². The zero-order valence-corrected chi connectivity index (χ0v) is 10.8. The van der Waals surface area contributed by atoms with Gasteiger partial charge < -0.3 is 5.32 Å². The zero-order chi connectivity index (χ0) is 11.6. The molecule has 0 radical (unpaired) electrons. The number of hydrogen-bond donors (Lipinski definition) is 1. The van der Waals surface area contributed by atoms with Crippen LogP contribution in [-0.4, -0.2) is 6.54 Å². The summed E-state index contributed by atoms with van der Waals surface area (Å²) in [5.74, 6) is 0. The summed E-state index contributed by atoms with van der Waals surface area (Å²) < 4.78 is 0. The third-order valence-corrected chi connectivity index (χ3v) is 3.59. The minimum Gasteiger partial charge on any atom is -0.384 e. The molecular weight excluding hydrogens is 194 g/mol. The van der Waals surface area contributed by atoms with Gasteiger partial charge in [0.1, 0.15) is 0 Å². The normalized spacial score (nSPS) is 17.2. The molecule has 2 rings (SSSR count). The van der Waals surface area contributed by atoms with Gasteiger partial charge in [-0.2, -0.15) is 0 Å². The van der Waals surface area contributed by atoms with E-state index in [0.29, 0.717) is 5.41 Å². The molecule has 1 heteroatoms. The minimum absolute atomic E-state index is 0.577. The number of hydrogen-bond acceptors (Lipinski definition) is 1. The number of nitrogens with one attached hydrogen (secondary N) is 1. The smallest absolute Gasteiger partial charge is 0.0375 e. The fourth-order valence-electron chi connectivity index (χ4n) is 2.04. The van der Waals surface area contributed by atoms with Gasteiger partial charge in [-0.1, -0.05) is 32.4 Å². The standard InChI is InChI=1S/C15H23N/c1-4-5-13-7-6-12(2)10-14(13)16-11-15(3)8-9-15/h6-7,10,16H,4-5,8-9,11H2,1-3H3. The van der Waals surface area contributed by atoms with Crippen molar-refractivity contribution in [1.29, 1.82) is 0 Å². The van der Waals surface area contributed by atoms with Crippen molar-refractivity contribution in [3.05, 3.63) is 29.3 Å². The highest BCUT2D eigenvalue weighted by Crippen LogP contribution is 2.44. The molecule has 0 unspecified atom stereocenters. The molecule has 88 valence electrons. The molecule has 0 bridgehead atoms. The molecule has 1 fully saturated rings. The first-order chi connectivity index (χ1) is 7.63. The minimum atomic E-state index is 0.577. The van der Waals surface area contributed by atoms with Crippen molar-refractivity contribution >= 4 is 5.69 Å². The summed E-state index contributed by atoms with van der Waals surface area (Å²) in [6, 6.07) is 6.78. The van der Waals surface area contributed by atoms with Crippen LogP contribution in [0.15, 0.2) is 18.2 Å². The van der Waals surface area contributed by atoms with E-state index >= 15 is 0 Å². The van der Waals surface area contributed by atoms with Crippen LogP contribution in [0.3, 0.4) is 0 Å². The summed E-state index contributed by atoms with van der Waals surface area (Å²) in [6.45, 7) is 7.91. The molecule has 0 spiro atoms. The first-order valence-corrected chi connectivity index (χ1v) is 6.46. The van der Waals surface area contributed by atoms with Gasteiger partial charge in [0.15, 0.2) is 0 Å². The van der Waals surface area contributed by atoms with E-state index < -0.39 is 0 Å². The maximum Gasteiger partial charge on any atom is 0.0375 e. The molecule has 1 aromatic rings. The van der Waals surface area contributed by atoms with Crippen LogP contribution in [0, 0.1) is 12.3 Å². The lowest BCUT2D eigenvalue weighted by Gasteiger charge is -2.15. The molecule has 1 aliphatic rings. The lowest BCUT2D eigenvalue weighted by Crippen LogP contribution is -2.13. The Morgan fingerprint density at radius 2 is 2.06 bits per heavy atom. The SMILES string of the molecule is CCCc1ccc(C)cc1NCC1(C)CC1. The molecular formula is C15H23N. The fourth-order valence-corrected chi connectivity index (χ4v) is 2.04. The van der Waals surface area contributed by atoms with E-state index in [1.54, 1.807) is 0 Å². The largest absolute Gasteiger partial charge is 0.384 e. The maximum absolute atomic E-state index is 3.64. The van der Waals surface area contributed by atoms with Crippen molar-refractivity contribution < 1.29 is 0 Å². The van der Waals surface area contributed by atoms with Gasteiger partial charge in [-0.05, 0) is 48.8 Å². The third kappa shape index (κ3) is 2.78. The Morgan fingerprint density at radius 3 is 2.69 bits per heavy atom. The molecule has 16 heavy (non-hydrogen) atoms. The highest BCUT2D eigenvalue weighted by molar-refractivity contribution is 5.53. The second kappa shape index (κ2) is 4.48. The number of benzene rings is 1. The first-order valence-electron chi connectivity index (χ1n) is 6.46. The second-order valence-corrected chi connectivity index (χ2v) is 5.57. The van der Waals surface area contributed by atoms with Crippen LogP contribution in [0.1, 0.15) is 44.2 Å². The quantitative estimate of drug-likeness (QED) is 0.781. The van der Waals surface area contributed by atoms with E-state index in [0.717, 1.165) is 6.54 Å². The molecule has 1 saturated carbocycles. The molecule has 1 N–H and O–H groups in total. The lowest BCUT2D eigenvalue weighted by atomic mass is 10.0. The van der Waals surface area contributed by atoms with Crippen LogP contribution < -0.4 is 5.32 Å². The van der Waals surface area contributed by atoms with Gasteiger partial charge in [-0.15, -0.1) is 0 Å². The van der Waals surface area contributed by atoms with E-state index in [1.165, 1.54) is 42.5 Å². The Labute approximate surface area is 99.3 Å². The number of anilines is 1. The highest BCUT2D eigenvalue weighted by Gasteiger charge is 2.36. The molecule has 0 aliphatic heterocycles. The van der Waals surface area contributed by atoms with Crippen LogP contribution in [0.4, 0.5) is 5.69 Å². The van der Waals surface area contributed by atoms with Crippen molar-refractivity contribution in [3.8, 4) is 0 Å². The Kier molecular flexibility index (Phi) is 3.22. The monoisotopic (exact) mass is 217 g/mol. The van der Waals surface area contributed by atoms with Crippen molar-refractivity contribution in [1.82, 2.24) is 0 Å². The summed E-state index contributed by atoms with van der Waals surface area (Å²) in [7, 11) is 0. The molecule has 0 aromatic heterocycles. The van der Waals surface area contributed by atoms with Crippen molar-refractivity contribution in [2.24, 2.45) is 5.41 Å². The van der Waals surface area contributed by atoms with Gasteiger partial charge in [-0.25, -0.2) is 0 Å². The van der Waals surface area contributed by atoms with E-state index in [-0.39, 0.29) is 0 Å².